The molecule has 0 radical (unpaired) electrons. The van der Waals surface area contributed by atoms with Crippen molar-refractivity contribution >= 4 is 11.0 Å². The molecular weight excluding hydrogens is 376 g/mol. The zero-order valence-corrected chi connectivity index (χ0v) is 20.6. The fraction of sp³-hybridized carbons (Fsp3) is 0.724. The number of fused-ring (bicyclic) bond motifs is 1. The number of para-hydroxylation sites is 2. The second-order valence-electron chi connectivity index (χ2n) is 9.50. The van der Waals surface area contributed by atoms with E-state index in [0.717, 1.165) is 23.1 Å². The number of rotatable bonds is 19. The van der Waals surface area contributed by atoms with Gasteiger partial charge in [0.2, 0.25) is 0 Å². The van der Waals surface area contributed by atoms with E-state index in [1.54, 1.807) is 0 Å². The molecule has 1 heterocycles. The first-order chi connectivity index (χ1) is 15.3. The maximum Gasteiger partial charge on any atom is 0.0890 e. The Morgan fingerprint density at radius 2 is 0.903 bits per heavy atom. The summed E-state index contributed by atoms with van der Waals surface area (Å²) in [7, 11) is 0. The number of hydrogen-bond donors (Lipinski definition) is 0. The van der Waals surface area contributed by atoms with Gasteiger partial charge in [0.25, 0.3) is 0 Å². The van der Waals surface area contributed by atoms with Crippen LogP contribution in [0.15, 0.2) is 24.3 Å². The minimum atomic E-state index is 1.02. The van der Waals surface area contributed by atoms with Crippen molar-refractivity contribution in [3.8, 4) is 0 Å². The molecule has 1 aromatic carbocycles. The molecule has 0 saturated carbocycles. The summed E-state index contributed by atoms with van der Waals surface area (Å²) in [6.45, 7) is 4.40. The summed E-state index contributed by atoms with van der Waals surface area (Å²) in [5, 5.41) is 0. The zero-order valence-electron chi connectivity index (χ0n) is 20.6. The summed E-state index contributed by atoms with van der Waals surface area (Å²) in [5.74, 6) is 0. The fourth-order valence-electron chi connectivity index (χ4n) is 4.56. The Bertz CT molecular complexity index is 694. The van der Waals surface area contributed by atoms with Gasteiger partial charge >= 0.3 is 0 Å². The van der Waals surface area contributed by atoms with Crippen molar-refractivity contribution < 1.29 is 0 Å². The fourth-order valence-corrected chi connectivity index (χ4v) is 4.56. The van der Waals surface area contributed by atoms with E-state index in [1.807, 2.05) is 12.1 Å². The molecule has 0 aliphatic rings. The van der Waals surface area contributed by atoms with E-state index in [1.165, 1.54) is 121 Å². The smallest absolute Gasteiger partial charge is 0.0890 e. The summed E-state index contributed by atoms with van der Waals surface area (Å²) in [6, 6.07) is 8.20. The highest BCUT2D eigenvalue weighted by atomic mass is 14.8. The van der Waals surface area contributed by atoms with E-state index < -0.39 is 0 Å². The van der Waals surface area contributed by atoms with Crippen molar-refractivity contribution in [2.45, 2.75) is 136 Å². The van der Waals surface area contributed by atoms with Crippen LogP contribution in [-0.4, -0.2) is 9.97 Å². The molecule has 2 heteroatoms. The summed E-state index contributed by atoms with van der Waals surface area (Å²) >= 11 is 0. The van der Waals surface area contributed by atoms with Crippen molar-refractivity contribution in [2.24, 2.45) is 0 Å². The monoisotopic (exact) mass is 424 g/mol. The standard InChI is InChI=1S/C29H48N2/c1-3-4-5-6-7-8-9-10-11-12-13-14-15-16-17-18-19-20-23-27-26(2)30-28-24-21-22-25-29(28)31-27/h21-22,24-25H,3-20,23H2,1-2H3. The molecule has 174 valence electrons. The van der Waals surface area contributed by atoms with Gasteiger partial charge in [-0.3, -0.25) is 0 Å². The van der Waals surface area contributed by atoms with Crippen LogP contribution in [0.2, 0.25) is 0 Å². The van der Waals surface area contributed by atoms with Crippen molar-refractivity contribution in [1.82, 2.24) is 9.97 Å². The molecule has 2 rings (SSSR count). The molecule has 1 aromatic heterocycles. The predicted molar refractivity (Wildman–Crippen MR) is 137 cm³/mol. The van der Waals surface area contributed by atoms with Gasteiger partial charge in [0.15, 0.2) is 0 Å². The minimum Gasteiger partial charge on any atom is -0.250 e. The molecule has 0 amide bonds. The third kappa shape index (κ3) is 11.7. The summed E-state index contributed by atoms with van der Waals surface area (Å²) in [6.07, 6.45) is 26.7. The number of unbranched alkanes of at least 4 members (excludes halogenated alkanes) is 17. The first-order valence-corrected chi connectivity index (χ1v) is 13.5. The first kappa shape index (κ1) is 25.8. The topological polar surface area (TPSA) is 25.8 Å². The van der Waals surface area contributed by atoms with Crippen LogP contribution in [0.1, 0.15) is 134 Å². The molecule has 0 N–H and O–H groups in total. The van der Waals surface area contributed by atoms with Gasteiger partial charge in [0.05, 0.1) is 22.4 Å². The van der Waals surface area contributed by atoms with Crippen LogP contribution in [0.3, 0.4) is 0 Å². The highest BCUT2D eigenvalue weighted by Crippen LogP contribution is 2.17. The molecular formula is C29H48N2. The number of hydrogen-bond acceptors (Lipinski definition) is 2. The third-order valence-corrected chi connectivity index (χ3v) is 6.61. The second-order valence-corrected chi connectivity index (χ2v) is 9.50. The zero-order chi connectivity index (χ0) is 22.0. The van der Waals surface area contributed by atoms with E-state index in [4.69, 9.17) is 9.97 Å². The normalized spacial score (nSPS) is 11.4. The Kier molecular flexibility index (Phi) is 14.3. The molecule has 0 fully saturated rings. The predicted octanol–water partition coefficient (Wildman–Crippen LogP) is 9.52. The molecule has 0 bridgehead atoms. The van der Waals surface area contributed by atoms with Crippen molar-refractivity contribution in [2.75, 3.05) is 0 Å². The Morgan fingerprint density at radius 1 is 0.516 bits per heavy atom. The van der Waals surface area contributed by atoms with Gasteiger partial charge < -0.3 is 0 Å². The molecule has 0 aliphatic carbocycles. The number of nitrogens with zero attached hydrogens (tertiary/aromatic N) is 2. The molecule has 2 aromatic rings. The highest BCUT2D eigenvalue weighted by Gasteiger charge is 2.04. The SMILES string of the molecule is CCCCCCCCCCCCCCCCCCCCc1nc2ccccc2nc1C. The van der Waals surface area contributed by atoms with Crippen LogP contribution in [0.25, 0.3) is 11.0 Å². The lowest BCUT2D eigenvalue weighted by molar-refractivity contribution is 0.525. The van der Waals surface area contributed by atoms with Crippen LogP contribution >= 0.6 is 0 Å². The van der Waals surface area contributed by atoms with Crippen molar-refractivity contribution in [3.63, 3.8) is 0 Å². The molecule has 0 aliphatic heterocycles. The Balaban J connectivity index is 1.35. The van der Waals surface area contributed by atoms with Gasteiger partial charge in [-0.25, -0.2) is 9.97 Å². The average molecular weight is 425 g/mol. The van der Waals surface area contributed by atoms with Crippen LogP contribution in [-0.2, 0) is 6.42 Å². The molecule has 0 saturated heterocycles. The molecule has 0 unspecified atom stereocenters. The second kappa shape index (κ2) is 17.2. The number of aromatic nitrogens is 2. The van der Waals surface area contributed by atoms with Gasteiger partial charge in [-0.1, -0.05) is 128 Å². The van der Waals surface area contributed by atoms with Crippen LogP contribution < -0.4 is 0 Å². The summed E-state index contributed by atoms with van der Waals surface area (Å²) in [4.78, 5) is 9.54. The molecule has 0 spiro atoms. The van der Waals surface area contributed by atoms with Crippen molar-refractivity contribution in [3.05, 3.63) is 35.7 Å². The lowest BCUT2D eigenvalue weighted by Crippen LogP contribution is -1.98. The quantitative estimate of drug-likeness (QED) is 0.210. The Hall–Kier alpha value is -1.44. The average Bonchev–Trinajstić information content (AvgIpc) is 2.78. The number of benzene rings is 1. The van der Waals surface area contributed by atoms with Gasteiger partial charge in [0, 0.05) is 0 Å². The van der Waals surface area contributed by atoms with E-state index in [-0.39, 0.29) is 0 Å². The summed E-state index contributed by atoms with van der Waals surface area (Å²) in [5.41, 5.74) is 4.34. The van der Waals surface area contributed by atoms with Gasteiger partial charge in [-0.05, 0) is 31.9 Å². The lowest BCUT2D eigenvalue weighted by atomic mass is 10.0. The van der Waals surface area contributed by atoms with Gasteiger partial charge in [-0.15, -0.1) is 0 Å². The number of aryl methyl sites for hydroxylation is 2. The van der Waals surface area contributed by atoms with E-state index in [0.29, 0.717) is 0 Å². The molecule has 31 heavy (non-hydrogen) atoms. The lowest BCUT2D eigenvalue weighted by Gasteiger charge is -2.07. The van der Waals surface area contributed by atoms with Gasteiger partial charge in [-0.2, -0.15) is 0 Å². The Morgan fingerprint density at radius 3 is 1.35 bits per heavy atom. The molecule has 2 nitrogen and oxygen atoms in total. The maximum absolute atomic E-state index is 4.83. The van der Waals surface area contributed by atoms with E-state index in [2.05, 4.69) is 26.0 Å². The Labute approximate surface area is 192 Å². The van der Waals surface area contributed by atoms with E-state index in [9.17, 15) is 0 Å². The third-order valence-electron chi connectivity index (χ3n) is 6.61. The minimum absolute atomic E-state index is 1.02. The molecule has 0 atom stereocenters. The van der Waals surface area contributed by atoms with Crippen LogP contribution in [0.5, 0.6) is 0 Å². The van der Waals surface area contributed by atoms with Crippen LogP contribution in [0, 0.1) is 6.92 Å². The maximum atomic E-state index is 4.83. The van der Waals surface area contributed by atoms with Crippen LogP contribution in [0.4, 0.5) is 0 Å². The van der Waals surface area contributed by atoms with E-state index >= 15 is 0 Å². The highest BCUT2D eigenvalue weighted by molar-refractivity contribution is 5.74. The first-order valence-electron chi connectivity index (χ1n) is 13.5. The summed E-state index contributed by atoms with van der Waals surface area (Å²) < 4.78 is 0. The van der Waals surface area contributed by atoms with Crippen molar-refractivity contribution in [1.29, 1.82) is 0 Å². The largest absolute Gasteiger partial charge is 0.250 e. The van der Waals surface area contributed by atoms with Gasteiger partial charge in [0.1, 0.15) is 0 Å².